The molecule has 0 unspecified atom stereocenters. The van der Waals surface area contributed by atoms with Crippen LogP contribution in [-0.4, -0.2) is 68.3 Å². The molecule has 0 saturated carbocycles. The van der Waals surface area contributed by atoms with Crippen molar-refractivity contribution >= 4 is 88.7 Å². The van der Waals surface area contributed by atoms with Crippen molar-refractivity contribution in [2.45, 2.75) is 181 Å². The van der Waals surface area contributed by atoms with E-state index in [9.17, 15) is 0 Å². The van der Waals surface area contributed by atoms with E-state index in [2.05, 4.69) is 205 Å². The van der Waals surface area contributed by atoms with Gasteiger partial charge in [-0.15, -0.1) is 0 Å². The number of para-hydroxylation sites is 2. The standard InChI is InChI=1S/C95H102N8O5/c1-23-55-51(13)85-79(86-52(14)56(24-2)72(101-86)44-68-48(10)60(28-6)90(97-68)83(81-75(104-19)39-33-40-76(81)105-20)89-59(27-5)47(9)67(96-89)43-71(55)100-85)63-35-31-37-65-93(63)108-94-64(36-32-38-66(94)95(65,17)18)80-87-53(15)57(25-3)73(102-87)45-69-49(11)61(29-7)91(98-69)84(82-77(106-21)41-34-42-78(82)107-22)92-62(30-8)50(12)70(99-92)46-74-58(26-4)54(16)88(80)103-74/h31-46,96,98,101,103H,23-30H2,1-22H3. The van der Waals surface area contributed by atoms with Crippen LogP contribution in [0.4, 0.5) is 0 Å². The van der Waals surface area contributed by atoms with Gasteiger partial charge in [-0.05, 0) is 244 Å². The Balaban J connectivity index is 1.05. The number of nitrogens with one attached hydrogen (secondary N) is 4. The first-order valence-electron chi connectivity index (χ1n) is 38.9. The van der Waals surface area contributed by atoms with Crippen molar-refractivity contribution in [2.75, 3.05) is 28.4 Å². The van der Waals surface area contributed by atoms with Crippen LogP contribution >= 0.6 is 0 Å². The van der Waals surface area contributed by atoms with Crippen LogP contribution in [0.1, 0.15) is 224 Å². The van der Waals surface area contributed by atoms with Gasteiger partial charge >= 0.3 is 0 Å². The summed E-state index contributed by atoms with van der Waals surface area (Å²) in [6.45, 7) is 40.7. The average Bonchev–Trinajstić information content (AvgIpc) is 1.26. The number of fused-ring (bicyclic) bond motifs is 18. The van der Waals surface area contributed by atoms with Crippen LogP contribution in [0.25, 0.3) is 133 Å². The van der Waals surface area contributed by atoms with Crippen LogP contribution in [0, 0.1) is 27.7 Å². The van der Waals surface area contributed by atoms with E-state index in [1.807, 2.05) is 36.4 Å². The third kappa shape index (κ3) is 11.0. The fraction of sp³-hybridized carbons (Fsp3) is 0.326. The number of allylic oxidation sites excluding steroid dienone is 8. The number of aromatic amines is 4. The summed E-state index contributed by atoms with van der Waals surface area (Å²) in [4.78, 5) is 39.9. The van der Waals surface area contributed by atoms with E-state index < -0.39 is 5.41 Å². The second-order valence-corrected chi connectivity index (χ2v) is 29.9. The van der Waals surface area contributed by atoms with Crippen molar-refractivity contribution in [1.29, 1.82) is 0 Å². The Morgan fingerprint density at radius 3 is 0.981 bits per heavy atom. The van der Waals surface area contributed by atoms with Crippen molar-refractivity contribution in [3.8, 4) is 79.0 Å². The summed E-state index contributed by atoms with van der Waals surface area (Å²) in [6, 6.07) is 34.7. The molecular weight excluding hydrogens is 1330 g/mol. The van der Waals surface area contributed by atoms with E-state index in [1.54, 1.807) is 28.4 Å². The summed E-state index contributed by atoms with van der Waals surface area (Å²) < 4.78 is 33.2. The minimum absolute atomic E-state index is 0.578. The fourth-order valence-electron chi connectivity index (χ4n) is 18.6. The number of hydrogen-bond donors (Lipinski definition) is 4. The molecule has 4 aromatic carbocycles. The molecule has 0 radical (unpaired) electrons. The molecule has 16 bridgehead atoms. The Labute approximate surface area is 635 Å². The monoisotopic (exact) mass is 1430 g/mol. The van der Waals surface area contributed by atoms with E-state index in [0.717, 1.165) is 253 Å². The van der Waals surface area contributed by atoms with E-state index in [-0.39, 0.29) is 0 Å². The number of hydrogen-bond acceptors (Lipinski definition) is 9. The summed E-state index contributed by atoms with van der Waals surface area (Å²) in [5.41, 5.74) is 42.8. The first-order chi connectivity index (χ1) is 52.1. The summed E-state index contributed by atoms with van der Waals surface area (Å²) in [7, 11) is 6.94. The molecule has 6 aromatic heterocycles. The molecule has 0 aliphatic carbocycles. The molecule has 5 aliphatic rings. The van der Waals surface area contributed by atoms with Crippen molar-refractivity contribution in [3.05, 3.63) is 198 Å². The maximum absolute atomic E-state index is 8.11. The number of ether oxygens (including phenoxy) is 5. The van der Waals surface area contributed by atoms with E-state index in [1.165, 1.54) is 44.5 Å². The molecule has 0 fully saturated rings. The maximum Gasteiger partial charge on any atom is 0.139 e. The SMILES string of the molecule is CCC1=C(C)c2nc1cc1[nH]c(c(CC)c1C)c(-c1c(OC)cccc1OC)c1nc(cc3[nH]c(c(C)c3CC)c2-c2cccc3c2Oc2c(-c4c5nc(cc6[nH]c(c(CC)c6C)c(-c6c(OC)cccc6OC)c6nc(cc7[nH]c4c(C)c7CC)C(C)=C6CC)C(CC)=C5C)cccc2C3(C)C)C(C)=C1CC. The number of aryl methyl sites for hydroxylation is 8. The molecule has 0 spiro atoms. The highest BCUT2D eigenvalue weighted by atomic mass is 16.5. The Morgan fingerprint density at radius 2 is 0.648 bits per heavy atom. The van der Waals surface area contributed by atoms with Crippen LogP contribution in [0.15, 0.2) is 97.1 Å². The Morgan fingerprint density at radius 1 is 0.324 bits per heavy atom. The second-order valence-electron chi connectivity index (χ2n) is 29.9. The molecular formula is C95H102N8O5. The molecule has 5 aliphatic heterocycles. The number of aromatic nitrogens is 8. The zero-order valence-electron chi connectivity index (χ0n) is 67.2. The number of H-pyrrole nitrogens is 4. The van der Waals surface area contributed by atoms with Gasteiger partial charge < -0.3 is 43.6 Å². The van der Waals surface area contributed by atoms with E-state index in [4.69, 9.17) is 43.6 Å². The largest absolute Gasteiger partial charge is 0.496 e. The van der Waals surface area contributed by atoms with Crippen LogP contribution in [-0.2, 0) is 31.1 Å². The van der Waals surface area contributed by atoms with Gasteiger partial charge in [0.25, 0.3) is 0 Å². The maximum atomic E-state index is 8.11. The van der Waals surface area contributed by atoms with Crippen LogP contribution in [0.5, 0.6) is 34.5 Å². The molecule has 10 aromatic rings. The number of rotatable bonds is 16. The van der Waals surface area contributed by atoms with Gasteiger partial charge in [0.05, 0.1) is 107 Å². The van der Waals surface area contributed by atoms with Gasteiger partial charge in [0, 0.05) is 72.0 Å². The quantitative estimate of drug-likeness (QED) is 0.0738. The van der Waals surface area contributed by atoms with Gasteiger partial charge in [-0.2, -0.15) is 0 Å². The number of nitrogens with zero attached hydrogens (tertiary/aromatic N) is 4. The normalized spacial score (nSPS) is 13.9. The first-order valence-corrected chi connectivity index (χ1v) is 38.9. The van der Waals surface area contributed by atoms with Crippen molar-refractivity contribution in [2.24, 2.45) is 0 Å². The molecule has 13 nitrogen and oxygen atoms in total. The predicted molar refractivity (Wildman–Crippen MR) is 450 cm³/mol. The summed E-state index contributed by atoms with van der Waals surface area (Å²) in [5, 5.41) is 0. The molecule has 13 heteroatoms. The van der Waals surface area contributed by atoms with Gasteiger partial charge in [0.2, 0.25) is 0 Å². The molecule has 0 amide bonds. The van der Waals surface area contributed by atoms with Gasteiger partial charge in [-0.25, -0.2) is 19.9 Å². The average molecular weight is 1440 g/mol. The third-order valence-electron chi connectivity index (χ3n) is 24.4. The molecule has 0 saturated heterocycles. The summed E-state index contributed by atoms with van der Waals surface area (Å²) in [6.07, 6.45) is 6.11. The molecule has 0 atom stereocenters. The highest BCUT2D eigenvalue weighted by molar-refractivity contribution is 6.09. The highest BCUT2D eigenvalue weighted by Crippen LogP contribution is 2.58. The Kier molecular flexibility index (Phi) is 18.8. The third-order valence-corrected chi connectivity index (χ3v) is 24.4. The smallest absolute Gasteiger partial charge is 0.139 e. The molecule has 11 heterocycles. The van der Waals surface area contributed by atoms with Gasteiger partial charge in [0.1, 0.15) is 34.5 Å². The van der Waals surface area contributed by atoms with Crippen molar-refractivity contribution < 1.29 is 23.7 Å². The lowest BCUT2D eigenvalue weighted by atomic mass is 9.73. The van der Waals surface area contributed by atoms with Gasteiger partial charge in [-0.3, -0.25) is 0 Å². The number of methoxy groups -OCH3 is 4. The van der Waals surface area contributed by atoms with Crippen LogP contribution in [0.2, 0.25) is 0 Å². The van der Waals surface area contributed by atoms with Crippen LogP contribution < -0.4 is 23.7 Å². The zero-order chi connectivity index (χ0) is 76.4. The number of benzene rings is 4. The minimum Gasteiger partial charge on any atom is -0.496 e. The van der Waals surface area contributed by atoms with E-state index in [0.29, 0.717) is 23.0 Å². The highest BCUT2D eigenvalue weighted by Gasteiger charge is 2.40. The molecule has 552 valence electrons. The zero-order valence-corrected chi connectivity index (χ0v) is 67.2. The minimum atomic E-state index is -0.578. The molecule has 15 rings (SSSR count). The van der Waals surface area contributed by atoms with Crippen molar-refractivity contribution in [1.82, 2.24) is 39.9 Å². The lowest BCUT2D eigenvalue weighted by Gasteiger charge is -2.36. The molecule has 4 N–H and O–H groups in total. The first kappa shape index (κ1) is 72.6. The predicted octanol–water partition coefficient (Wildman–Crippen LogP) is 24.9. The second kappa shape index (κ2) is 28.0. The summed E-state index contributed by atoms with van der Waals surface area (Å²) in [5.74, 6) is 4.41. The fourth-order valence-corrected chi connectivity index (χ4v) is 18.6. The van der Waals surface area contributed by atoms with E-state index >= 15 is 0 Å². The van der Waals surface area contributed by atoms with Crippen LogP contribution in [0.3, 0.4) is 0 Å². The Hall–Kier alpha value is -10.9. The lowest BCUT2D eigenvalue weighted by molar-refractivity contribution is 0.397. The van der Waals surface area contributed by atoms with Gasteiger partial charge in [0.15, 0.2) is 0 Å². The van der Waals surface area contributed by atoms with Crippen molar-refractivity contribution in [3.63, 3.8) is 0 Å². The van der Waals surface area contributed by atoms with Gasteiger partial charge in [-0.1, -0.05) is 118 Å². The topological polar surface area (TPSA) is 161 Å². The summed E-state index contributed by atoms with van der Waals surface area (Å²) >= 11 is 0. The lowest BCUT2D eigenvalue weighted by Crippen LogP contribution is -2.25. The molecule has 108 heavy (non-hydrogen) atoms. The Bertz CT molecular complexity index is 5600.